The zero-order valence-electron chi connectivity index (χ0n) is 12.4. The summed E-state index contributed by atoms with van der Waals surface area (Å²) in [7, 11) is 0. The summed E-state index contributed by atoms with van der Waals surface area (Å²) < 4.78 is 28.5. The van der Waals surface area contributed by atoms with E-state index in [-0.39, 0.29) is 27.5 Å². The maximum absolute atomic E-state index is 13.9. The number of fused-ring (bicyclic) bond motifs is 3. The molecule has 2 heterocycles. The molecule has 0 aliphatic carbocycles. The Hall–Kier alpha value is -3.62. The number of nitrogens with zero attached hydrogens (tertiary/aromatic N) is 3. The summed E-state index contributed by atoms with van der Waals surface area (Å²) in [5, 5.41) is 13.8. The van der Waals surface area contributed by atoms with Crippen molar-refractivity contribution in [3.05, 3.63) is 74.7 Å². The second-order valence-corrected chi connectivity index (χ2v) is 5.36. The van der Waals surface area contributed by atoms with Gasteiger partial charge in [0.15, 0.2) is 5.82 Å². The van der Waals surface area contributed by atoms with Gasteiger partial charge in [-0.25, -0.2) is 13.5 Å². The Kier molecular flexibility index (Phi) is 3.11. The largest absolute Gasteiger partial charge is 0.290 e. The van der Waals surface area contributed by atoms with Crippen molar-refractivity contribution in [2.75, 3.05) is 0 Å². The van der Waals surface area contributed by atoms with Gasteiger partial charge in [-0.3, -0.25) is 25.0 Å². The number of nitro benzene ring substituents is 1. The second-order valence-electron chi connectivity index (χ2n) is 5.36. The van der Waals surface area contributed by atoms with E-state index in [9.17, 15) is 23.7 Å². The van der Waals surface area contributed by atoms with E-state index in [1.54, 1.807) is 0 Å². The lowest BCUT2D eigenvalue weighted by Gasteiger charge is -2.01. The highest BCUT2D eigenvalue weighted by Gasteiger charge is 2.15. The van der Waals surface area contributed by atoms with Crippen LogP contribution in [0.25, 0.3) is 27.5 Å². The third-order valence-corrected chi connectivity index (χ3v) is 3.87. The van der Waals surface area contributed by atoms with Crippen LogP contribution in [-0.4, -0.2) is 19.7 Å². The van der Waals surface area contributed by atoms with E-state index < -0.39 is 22.1 Å². The number of non-ortho nitro benzene ring substituents is 1. The maximum Gasteiger partial charge on any atom is 0.280 e. The van der Waals surface area contributed by atoms with Crippen LogP contribution in [0.15, 0.2) is 47.4 Å². The summed E-state index contributed by atoms with van der Waals surface area (Å²) in [6, 6.07) is 7.10. The molecule has 25 heavy (non-hydrogen) atoms. The molecule has 2 aromatic carbocycles. The van der Waals surface area contributed by atoms with Gasteiger partial charge < -0.3 is 0 Å². The summed E-state index contributed by atoms with van der Waals surface area (Å²) in [6.45, 7) is 0. The zero-order chi connectivity index (χ0) is 17.7. The Bertz CT molecular complexity index is 1210. The lowest BCUT2D eigenvalue weighted by Crippen LogP contribution is -2.14. The molecule has 1 N–H and O–H groups in total. The van der Waals surface area contributed by atoms with E-state index in [1.165, 1.54) is 30.5 Å². The molecule has 9 heteroatoms. The number of H-pyrrole nitrogens is 1. The highest BCUT2D eigenvalue weighted by Crippen LogP contribution is 2.24. The van der Waals surface area contributed by atoms with Crippen molar-refractivity contribution in [3.8, 4) is 5.69 Å². The molecule has 0 unspecified atom stereocenters. The number of halogens is 2. The third kappa shape index (κ3) is 2.24. The van der Waals surface area contributed by atoms with Crippen molar-refractivity contribution in [1.29, 1.82) is 0 Å². The Morgan fingerprint density at radius 2 is 1.84 bits per heavy atom. The summed E-state index contributed by atoms with van der Waals surface area (Å²) in [5.41, 5.74) is -0.0957. The van der Waals surface area contributed by atoms with Crippen LogP contribution in [0, 0.1) is 21.7 Å². The fourth-order valence-electron chi connectivity index (χ4n) is 2.70. The Balaban J connectivity index is 2.00. The van der Waals surface area contributed by atoms with Gasteiger partial charge >= 0.3 is 0 Å². The van der Waals surface area contributed by atoms with Crippen LogP contribution in [0.1, 0.15) is 0 Å². The number of aromatic amines is 1. The minimum Gasteiger partial charge on any atom is -0.290 e. The topological polar surface area (TPSA) is 93.8 Å². The van der Waals surface area contributed by atoms with Gasteiger partial charge in [0.1, 0.15) is 11.3 Å². The van der Waals surface area contributed by atoms with E-state index in [0.29, 0.717) is 11.8 Å². The Morgan fingerprint density at radius 3 is 2.52 bits per heavy atom. The van der Waals surface area contributed by atoms with Gasteiger partial charge in [0, 0.05) is 29.8 Å². The van der Waals surface area contributed by atoms with Gasteiger partial charge in [-0.1, -0.05) is 0 Å². The molecule has 2 aromatic heterocycles. The summed E-state index contributed by atoms with van der Waals surface area (Å²) in [4.78, 5) is 26.6. The van der Waals surface area contributed by atoms with Gasteiger partial charge in [0.2, 0.25) is 0 Å². The molecule has 0 saturated heterocycles. The van der Waals surface area contributed by atoms with Gasteiger partial charge in [-0.15, -0.1) is 0 Å². The SMILES string of the molecule is O=c1c2cnc3c(F)cc(F)cc3c2[nH]n1-c1ccc([N+](=O)[O-])cc1. The van der Waals surface area contributed by atoms with E-state index >= 15 is 0 Å². The smallest absolute Gasteiger partial charge is 0.280 e. The number of nitro groups is 1. The standard InChI is InChI=1S/C16H8F2N4O3/c17-8-5-11-14-12(7-19-15(11)13(18)6-8)16(23)21(20-14)9-1-3-10(4-2-9)22(24)25/h1-7,20H. The normalized spacial score (nSPS) is 11.3. The zero-order valence-corrected chi connectivity index (χ0v) is 12.4. The summed E-state index contributed by atoms with van der Waals surface area (Å²) in [6.07, 6.45) is 1.21. The molecule has 0 atom stereocenters. The van der Waals surface area contributed by atoms with Crippen LogP contribution in [0.5, 0.6) is 0 Å². The van der Waals surface area contributed by atoms with Crippen molar-refractivity contribution >= 4 is 27.5 Å². The molecule has 7 nitrogen and oxygen atoms in total. The second kappa shape index (κ2) is 5.20. The van der Waals surface area contributed by atoms with Crippen molar-refractivity contribution in [2.24, 2.45) is 0 Å². The first-order chi connectivity index (χ1) is 12.0. The molecule has 124 valence electrons. The first-order valence-corrected chi connectivity index (χ1v) is 7.09. The van der Waals surface area contributed by atoms with E-state index in [2.05, 4.69) is 10.1 Å². The highest BCUT2D eigenvalue weighted by molar-refractivity contribution is 6.02. The molecular formula is C16H8F2N4O3. The average Bonchev–Trinajstić information content (AvgIpc) is 2.92. The number of hydrogen-bond acceptors (Lipinski definition) is 4. The van der Waals surface area contributed by atoms with Crippen LogP contribution >= 0.6 is 0 Å². The first kappa shape index (κ1) is 14.9. The van der Waals surface area contributed by atoms with E-state index in [4.69, 9.17) is 0 Å². The minimum absolute atomic E-state index is 0.0639. The summed E-state index contributed by atoms with van der Waals surface area (Å²) >= 11 is 0. The predicted molar refractivity (Wildman–Crippen MR) is 85.8 cm³/mol. The van der Waals surface area contributed by atoms with Crippen LogP contribution < -0.4 is 5.56 Å². The molecule has 0 aliphatic rings. The fraction of sp³-hybridized carbons (Fsp3) is 0. The molecule has 0 amide bonds. The minimum atomic E-state index is -0.833. The molecule has 0 bridgehead atoms. The van der Waals surface area contributed by atoms with Crippen LogP contribution in [0.2, 0.25) is 0 Å². The number of rotatable bonds is 2. The van der Waals surface area contributed by atoms with Gasteiger partial charge in [-0.05, 0) is 18.2 Å². The van der Waals surface area contributed by atoms with Crippen molar-refractivity contribution in [3.63, 3.8) is 0 Å². The lowest BCUT2D eigenvalue weighted by atomic mass is 10.1. The molecule has 0 aliphatic heterocycles. The predicted octanol–water partition coefficient (Wildman–Crippen LogP) is 3.05. The number of hydrogen-bond donors (Lipinski definition) is 1. The number of pyridine rings is 1. The van der Waals surface area contributed by atoms with E-state index in [0.717, 1.165) is 10.7 Å². The summed E-state index contributed by atoms with van der Waals surface area (Å²) in [5.74, 6) is -1.62. The van der Waals surface area contributed by atoms with Gasteiger partial charge in [0.05, 0.1) is 21.5 Å². The fourth-order valence-corrected chi connectivity index (χ4v) is 2.70. The van der Waals surface area contributed by atoms with Crippen molar-refractivity contribution in [2.45, 2.75) is 0 Å². The quantitative estimate of drug-likeness (QED) is 0.447. The molecule has 0 spiro atoms. The van der Waals surface area contributed by atoms with Crippen LogP contribution in [0.3, 0.4) is 0 Å². The van der Waals surface area contributed by atoms with Crippen LogP contribution in [0.4, 0.5) is 14.5 Å². The number of aromatic nitrogens is 3. The highest BCUT2D eigenvalue weighted by atomic mass is 19.1. The number of nitrogens with one attached hydrogen (secondary N) is 1. The Morgan fingerprint density at radius 1 is 1.12 bits per heavy atom. The molecule has 4 aromatic rings. The molecule has 0 fully saturated rings. The lowest BCUT2D eigenvalue weighted by molar-refractivity contribution is -0.384. The average molecular weight is 342 g/mol. The molecule has 0 saturated carbocycles. The van der Waals surface area contributed by atoms with Crippen molar-refractivity contribution in [1.82, 2.24) is 14.8 Å². The third-order valence-electron chi connectivity index (χ3n) is 3.87. The monoisotopic (exact) mass is 342 g/mol. The Labute approximate surface area is 137 Å². The molecule has 4 rings (SSSR count). The molecule has 0 radical (unpaired) electrons. The van der Waals surface area contributed by atoms with Crippen LogP contribution in [-0.2, 0) is 0 Å². The first-order valence-electron chi connectivity index (χ1n) is 7.09. The van der Waals surface area contributed by atoms with Gasteiger partial charge in [0.25, 0.3) is 11.2 Å². The van der Waals surface area contributed by atoms with Crippen molar-refractivity contribution < 1.29 is 13.7 Å². The molecular weight excluding hydrogens is 334 g/mol. The van der Waals surface area contributed by atoms with E-state index in [1.807, 2.05) is 0 Å². The van der Waals surface area contributed by atoms with Gasteiger partial charge in [-0.2, -0.15) is 0 Å². The maximum atomic E-state index is 13.9. The number of benzene rings is 2.